The number of piperidine rings is 2. The van der Waals surface area contributed by atoms with Crippen LogP contribution in [-0.4, -0.2) is 93.5 Å². The van der Waals surface area contributed by atoms with E-state index in [0.717, 1.165) is 122 Å². The number of nitrogens with zero attached hydrogens (tertiary/aromatic N) is 5. The van der Waals surface area contributed by atoms with Gasteiger partial charge < -0.3 is 32.4 Å². The third-order valence-electron chi connectivity index (χ3n) is 8.74. The minimum Gasteiger partial charge on any atom is -0.397 e. The molecule has 46 heavy (non-hydrogen) atoms. The first-order valence-electron chi connectivity index (χ1n) is 15.8. The maximum absolute atomic E-state index is 11.3. The maximum Gasteiger partial charge on any atom is 0.292 e. The number of ether oxygens (including phenoxy) is 2. The molecular weight excluding hydrogens is 698 g/mol. The molecule has 12 heteroatoms. The molecule has 4 saturated heterocycles. The number of nitro groups is 1. The zero-order chi connectivity index (χ0) is 29.1. The van der Waals surface area contributed by atoms with E-state index in [9.17, 15) is 10.1 Å². The van der Waals surface area contributed by atoms with Crippen LogP contribution in [0.4, 0.5) is 22.7 Å². The Morgan fingerprint density at radius 1 is 0.674 bits per heavy atom. The second-order valence-corrected chi connectivity index (χ2v) is 11.8. The minimum absolute atomic E-state index is 0. The Kier molecular flexibility index (Phi) is 19.9. The minimum atomic E-state index is -0.261. The molecule has 0 saturated carbocycles. The van der Waals surface area contributed by atoms with Crippen LogP contribution in [0.1, 0.15) is 57.1 Å². The standard InChI is InChI=1S/C16H23N3O3.C16H25N3O.CH4.CH3.ClH.Pd/c20-19(21)15-5-4-14(13-17-8-10-22-11-9-17)12-16(15)18-6-2-1-3-7-18;17-15-5-4-14(13-18-8-10-20-11-9-18)12-16(15)19-6-2-1-3-7-19;;;;/h4-5,12H,1-3,6-11,13H2;4-5,12H,1-3,6-11,13,17H2;1H4;1H3;1H;/q;;;-1;;. The van der Waals surface area contributed by atoms with Crippen LogP contribution in [-0.2, 0) is 43.0 Å². The summed E-state index contributed by atoms with van der Waals surface area (Å²) in [6, 6.07) is 12.1. The molecule has 6 rings (SSSR count). The van der Waals surface area contributed by atoms with Gasteiger partial charge in [0.25, 0.3) is 5.69 Å². The quantitative estimate of drug-likeness (QED) is 0.120. The summed E-state index contributed by atoms with van der Waals surface area (Å²) in [5, 5.41) is 11.3. The van der Waals surface area contributed by atoms with Crippen LogP contribution < -0.4 is 15.5 Å². The molecule has 0 aromatic heterocycles. The first-order chi connectivity index (χ1) is 20.6. The molecule has 0 radical (unpaired) electrons. The summed E-state index contributed by atoms with van der Waals surface area (Å²) in [6.45, 7) is 13.1. The molecule has 2 aromatic carbocycles. The van der Waals surface area contributed by atoms with Crippen LogP contribution in [0.15, 0.2) is 36.4 Å². The van der Waals surface area contributed by atoms with Gasteiger partial charge in [0, 0.05) is 91.9 Å². The van der Waals surface area contributed by atoms with Gasteiger partial charge in [0.2, 0.25) is 0 Å². The van der Waals surface area contributed by atoms with Crippen molar-refractivity contribution in [3.05, 3.63) is 65.1 Å². The van der Waals surface area contributed by atoms with Crippen molar-refractivity contribution in [3.63, 3.8) is 0 Å². The fourth-order valence-electron chi connectivity index (χ4n) is 6.34. The number of anilines is 3. The molecular formula is C34H56ClN6O4Pd-. The number of nitrogens with two attached hydrogens (primary N) is 1. The molecule has 264 valence electrons. The number of rotatable bonds is 7. The fraction of sp³-hybridized carbons (Fsp3) is 0.618. The topological polar surface area (TPSA) is 101 Å². The van der Waals surface area contributed by atoms with Crippen LogP contribution in [0, 0.1) is 17.5 Å². The Morgan fingerprint density at radius 2 is 1.09 bits per heavy atom. The number of nitrogen functional groups attached to an aromatic ring is 1. The Labute approximate surface area is 297 Å². The smallest absolute Gasteiger partial charge is 0.292 e. The Morgan fingerprint density at radius 3 is 1.54 bits per heavy atom. The van der Waals surface area contributed by atoms with E-state index in [-0.39, 0.29) is 58.3 Å². The molecule has 4 aliphatic heterocycles. The van der Waals surface area contributed by atoms with E-state index in [2.05, 4.69) is 37.8 Å². The van der Waals surface area contributed by atoms with E-state index in [1.54, 1.807) is 6.07 Å². The normalized spacial score (nSPS) is 18.8. The van der Waals surface area contributed by atoms with E-state index in [4.69, 9.17) is 15.2 Å². The Bertz CT molecular complexity index is 1150. The maximum atomic E-state index is 11.3. The third-order valence-corrected chi connectivity index (χ3v) is 8.74. The summed E-state index contributed by atoms with van der Waals surface area (Å²) in [5.74, 6) is 0. The van der Waals surface area contributed by atoms with Gasteiger partial charge in [0.1, 0.15) is 5.69 Å². The molecule has 0 spiro atoms. The number of benzene rings is 2. The van der Waals surface area contributed by atoms with E-state index in [1.165, 1.54) is 36.9 Å². The summed E-state index contributed by atoms with van der Waals surface area (Å²) >= 11 is 0. The first kappa shape index (κ1) is 42.1. The molecule has 0 amide bonds. The third kappa shape index (κ3) is 12.2. The van der Waals surface area contributed by atoms with E-state index in [0.29, 0.717) is 0 Å². The average Bonchev–Trinajstić information content (AvgIpc) is 3.04. The van der Waals surface area contributed by atoms with Crippen molar-refractivity contribution >= 4 is 35.2 Å². The fourth-order valence-corrected chi connectivity index (χ4v) is 6.34. The average molecular weight is 755 g/mol. The monoisotopic (exact) mass is 753 g/mol. The summed E-state index contributed by atoms with van der Waals surface area (Å²) in [4.78, 5) is 20.5. The van der Waals surface area contributed by atoms with Crippen molar-refractivity contribution < 1.29 is 34.8 Å². The van der Waals surface area contributed by atoms with Gasteiger partial charge >= 0.3 is 0 Å². The van der Waals surface area contributed by atoms with Gasteiger partial charge in [0.05, 0.1) is 42.7 Å². The van der Waals surface area contributed by atoms with Crippen molar-refractivity contribution in [2.45, 2.75) is 59.0 Å². The van der Waals surface area contributed by atoms with E-state index < -0.39 is 0 Å². The molecule has 10 nitrogen and oxygen atoms in total. The molecule has 2 N–H and O–H groups in total. The predicted molar refractivity (Wildman–Crippen MR) is 189 cm³/mol. The second kappa shape index (κ2) is 21.8. The molecule has 4 heterocycles. The molecule has 0 aliphatic carbocycles. The van der Waals surface area contributed by atoms with Crippen LogP contribution in [0.5, 0.6) is 0 Å². The van der Waals surface area contributed by atoms with Gasteiger partial charge in [-0.05, 0) is 67.9 Å². The van der Waals surface area contributed by atoms with E-state index >= 15 is 0 Å². The van der Waals surface area contributed by atoms with Crippen LogP contribution >= 0.6 is 12.4 Å². The zero-order valence-corrected chi connectivity index (χ0v) is 29.1. The molecule has 4 fully saturated rings. The molecule has 0 bridgehead atoms. The summed E-state index contributed by atoms with van der Waals surface area (Å²) in [7, 11) is 0. The van der Waals surface area contributed by atoms with Gasteiger partial charge in [0.15, 0.2) is 0 Å². The van der Waals surface area contributed by atoms with Crippen molar-refractivity contribution in [2.24, 2.45) is 0 Å². The van der Waals surface area contributed by atoms with Crippen molar-refractivity contribution in [3.8, 4) is 0 Å². The largest absolute Gasteiger partial charge is 0.397 e. The zero-order valence-electron chi connectivity index (χ0n) is 26.8. The number of morpholine rings is 2. The number of nitro benzene ring substituents is 1. The van der Waals surface area contributed by atoms with Gasteiger partial charge in [-0.1, -0.05) is 19.6 Å². The molecule has 0 atom stereocenters. The summed E-state index contributed by atoms with van der Waals surface area (Å²) in [6.07, 6.45) is 7.37. The Hall–Kier alpha value is -1.97. The van der Waals surface area contributed by atoms with Gasteiger partial charge in [-0.3, -0.25) is 19.9 Å². The van der Waals surface area contributed by atoms with Crippen molar-refractivity contribution in [2.75, 3.05) is 94.3 Å². The van der Waals surface area contributed by atoms with Crippen LogP contribution in [0.25, 0.3) is 0 Å². The number of hydrogen-bond donors (Lipinski definition) is 1. The van der Waals surface area contributed by atoms with E-state index in [1.807, 2.05) is 12.1 Å². The molecule has 0 unspecified atom stereocenters. The van der Waals surface area contributed by atoms with Crippen molar-refractivity contribution in [1.29, 1.82) is 0 Å². The van der Waals surface area contributed by atoms with Crippen molar-refractivity contribution in [1.82, 2.24) is 9.80 Å². The van der Waals surface area contributed by atoms with Crippen LogP contribution in [0.2, 0.25) is 0 Å². The molecule has 4 aliphatic rings. The number of halogens is 1. The summed E-state index contributed by atoms with van der Waals surface area (Å²) in [5.41, 5.74) is 11.9. The van der Waals surface area contributed by atoms with Gasteiger partial charge in [-0.2, -0.15) is 0 Å². The predicted octanol–water partition coefficient (Wildman–Crippen LogP) is 6.01. The van der Waals surface area contributed by atoms with Crippen LogP contribution in [0.3, 0.4) is 0 Å². The SMILES string of the molecule is C.Cl.Nc1ccc(CN2CCOCC2)cc1N1CCCCC1.O=[N+]([O-])c1ccc(CN2CCOCC2)cc1N1CCCCC1.[CH3-].[Pd]. The molecule has 2 aromatic rings. The second-order valence-electron chi connectivity index (χ2n) is 11.8. The van der Waals surface area contributed by atoms with Gasteiger partial charge in [-0.25, -0.2) is 0 Å². The first-order valence-corrected chi connectivity index (χ1v) is 15.8. The van der Waals surface area contributed by atoms with Gasteiger partial charge in [-0.15, -0.1) is 12.4 Å². The summed E-state index contributed by atoms with van der Waals surface area (Å²) < 4.78 is 10.8. The number of hydrogen-bond acceptors (Lipinski definition) is 9. The Balaban J connectivity index is 0.000000425.